The van der Waals surface area contributed by atoms with Crippen LogP contribution in [0.1, 0.15) is 26.7 Å². The molecule has 0 N–H and O–H groups in total. The van der Waals surface area contributed by atoms with Gasteiger partial charge in [0.25, 0.3) is 0 Å². The van der Waals surface area contributed by atoms with Gasteiger partial charge in [-0.1, -0.05) is 13.8 Å². The normalized spacial score (nSPS) is 12.2. The first-order valence-electron chi connectivity index (χ1n) is 6.09. The summed E-state index contributed by atoms with van der Waals surface area (Å²) in [6, 6.07) is 0. The van der Waals surface area contributed by atoms with Crippen molar-refractivity contribution in [1.29, 1.82) is 0 Å². The van der Waals surface area contributed by atoms with E-state index >= 15 is 0 Å². The highest BCUT2D eigenvalue weighted by Gasteiger charge is 2.38. The first-order valence-corrected chi connectivity index (χ1v) is 6.09. The Bertz CT molecular complexity index is 307. The Morgan fingerprint density at radius 3 is 1.68 bits per heavy atom. The van der Waals surface area contributed by atoms with Crippen LogP contribution in [-0.4, -0.2) is 39.2 Å². The van der Waals surface area contributed by atoms with Crippen molar-refractivity contribution in [2.24, 2.45) is 17.8 Å². The Morgan fingerprint density at radius 1 is 0.895 bits per heavy atom. The summed E-state index contributed by atoms with van der Waals surface area (Å²) in [5.74, 6) is -3.23. The van der Waals surface area contributed by atoms with Gasteiger partial charge in [0, 0.05) is 6.42 Å². The van der Waals surface area contributed by atoms with E-state index in [9.17, 15) is 14.4 Å². The summed E-state index contributed by atoms with van der Waals surface area (Å²) in [4.78, 5) is 34.9. The van der Waals surface area contributed by atoms with Gasteiger partial charge in [-0.15, -0.1) is 0 Å². The minimum absolute atomic E-state index is 0.0243. The maximum atomic E-state index is 11.7. The molecule has 0 heterocycles. The summed E-state index contributed by atoms with van der Waals surface area (Å²) in [6.07, 6.45) is 0.494. The number of carbonyl (C=O) groups is 3. The largest absolute Gasteiger partial charge is 0.469 e. The lowest BCUT2D eigenvalue weighted by Gasteiger charge is -2.23. The standard InChI is InChI=1S/C13H22O6/c1-8(2)6-9(7-10(14)17-3)11(12(15)18-4)13(16)19-5/h8-9,11H,6-7H2,1-5H3. The predicted octanol–water partition coefficient (Wildman–Crippen LogP) is 1.17. The fourth-order valence-corrected chi connectivity index (χ4v) is 1.98. The van der Waals surface area contributed by atoms with Crippen molar-refractivity contribution in [3.05, 3.63) is 0 Å². The minimum Gasteiger partial charge on any atom is -0.469 e. The predicted molar refractivity (Wildman–Crippen MR) is 67.1 cm³/mol. The Morgan fingerprint density at radius 2 is 1.37 bits per heavy atom. The second-order valence-electron chi connectivity index (χ2n) is 4.69. The van der Waals surface area contributed by atoms with Crippen LogP contribution in [0.2, 0.25) is 0 Å². The quantitative estimate of drug-likeness (QED) is 0.394. The van der Waals surface area contributed by atoms with E-state index in [4.69, 9.17) is 0 Å². The Kier molecular flexibility index (Phi) is 7.79. The van der Waals surface area contributed by atoms with Crippen LogP contribution in [0.5, 0.6) is 0 Å². The van der Waals surface area contributed by atoms with Gasteiger partial charge in [0.1, 0.15) is 0 Å². The van der Waals surface area contributed by atoms with Crippen molar-refractivity contribution in [1.82, 2.24) is 0 Å². The average molecular weight is 274 g/mol. The first-order chi connectivity index (χ1) is 8.87. The highest BCUT2D eigenvalue weighted by molar-refractivity contribution is 5.95. The summed E-state index contributed by atoms with van der Waals surface area (Å²) in [5.41, 5.74) is 0. The molecule has 0 saturated carbocycles. The molecule has 0 aliphatic heterocycles. The van der Waals surface area contributed by atoms with Crippen LogP contribution in [0.15, 0.2) is 0 Å². The van der Waals surface area contributed by atoms with E-state index in [2.05, 4.69) is 14.2 Å². The van der Waals surface area contributed by atoms with Gasteiger partial charge in [0.15, 0.2) is 5.92 Å². The number of ether oxygens (including phenoxy) is 3. The van der Waals surface area contributed by atoms with E-state index in [1.807, 2.05) is 13.8 Å². The van der Waals surface area contributed by atoms with Gasteiger partial charge in [-0.3, -0.25) is 14.4 Å². The Hall–Kier alpha value is -1.59. The second-order valence-corrected chi connectivity index (χ2v) is 4.69. The molecule has 1 atom stereocenters. The third kappa shape index (κ3) is 5.72. The van der Waals surface area contributed by atoms with E-state index in [1.165, 1.54) is 21.3 Å². The number of hydrogen-bond donors (Lipinski definition) is 0. The molecule has 6 heteroatoms. The highest BCUT2D eigenvalue weighted by Crippen LogP contribution is 2.26. The summed E-state index contributed by atoms with van der Waals surface area (Å²) < 4.78 is 13.8. The fourth-order valence-electron chi connectivity index (χ4n) is 1.98. The third-order valence-electron chi connectivity index (χ3n) is 2.81. The molecule has 0 aromatic heterocycles. The molecule has 6 nitrogen and oxygen atoms in total. The lowest BCUT2D eigenvalue weighted by Crippen LogP contribution is -2.35. The van der Waals surface area contributed by atoms with Crippen LogP contribution >= 0.6 is 0 Å². The Balaban J connectivity index is 5.16. The van der Waals surface area contributed by atoms with Crippen LogP contribution in [0.3, 0.4) is 0 Å². The van der Waals surface area contributed by atoms with Crippen LogP contribution in [0.25, 0.3) is 0 Å². The highest BCUT2D eigenvalue weighted by atomic mass is 16.5. The zero-order valence-electron chi connectivity index (χ0n) is 12.1. The molecular weight excluding hydrogens is 252 g/mol. The van der Waals surface area contributed by atoms with Crippen LogP contribution in [0, 0.1) is 17.8 Å². The zero-order chi connectivity index (χ0) is 15.0. The smallest absolute Gasteiger partial charge is 0.320 e. The lowest BCUT2D eigenvalue weighted by molar-refractivity contribution is -0.162. The third-order valence-corrected chi connectivity index (χ3v) is 2.81. The van der Waals surface area contributed by atoms with E-state index < -0.39 is 29.7 Å². The molecule has 0 aliphatic rings. The SMILES string of the molecule is COC(=O)CC(CC(C)C)C(C(=O)OC)C(=O)OC. The van der Waals surface area contributed by atoms with Crippen LogP contribution < -0.4 is 0 Å². The summed E-state index contributed by atoms with van der Waals surface area (Å²) in [7, 11) is 3.66. The molecule has 0 radical (unpaired) electrons. The molecule has 0 rings (SSSR count). The van der Waals surface area contributed by atoms with E-state index in [1.54, 1.807) is 0 Å². The number of hydrogen-bond acceptors (Lipinski definition) is 6. The van der Waals surface area contributed by atoms with Crippen molar-refractivity contribution in [2.45, 2.75) is 26.7 Å². The van der Waals surface area contributed by atoms with Crippen molar-refractivity contribution < 1.29 is 28.6 Å². The van der Waals surface area contributed by atoms with E-state index in [-0.39, 0.29) is 12.3 Å². The molecular formula is C13H22O6. The molecule has 0 bridgehead atoms. The number of rotatable bonds is 7. The first kappa shape index (κ1) is 17.4. The molecule has 1 unspecified atom stereocenters. The van der Waals surface area contributed by atoms with Crippen molar-refractivity contribution in [3.63, 3.8) is 0 Å². The monoisotopic (exact) mass is 274 g/mol. The number of carbonyl (C=O) groups excluding carboxylic acids is 3. The maximum Gasteiger partial charge on any atom is 0.320 e. The summed E-state index contributed by atoms with van der Waals surface area (Å²) in [6.45, 7) is 3.88. The molecule has 0 aromatic carbocycles. The van der Waals surface area contributed by atoms with Crippen molar-refractivity contribution >= 4 is 17.9 Å². The molecule has 0 fully saturated rings. The van der Waals surface area contributed by atoms with E-state index in [0.29, 0.717) is 6.42 Å². The van der Waals surface area contributed by atoms with Gasteiger partial charge in [-0.2, -0.15) is 0 Å². The maximum absolute atomic E-state index is 11.7. The van der Waals surface area contributed by atoms with Gasteiger partial charge in [-0.05, 0) is 18.3 Å². The number of methoxy groups -OCH3 is 3. The number of esters is 3. The molecule has 0 saturated heterocycles. The van der Waals surface area contributed by atoms with Crippen molar-refractivity contribution in [3.8, 4) is 0 Å². The second kappa shape index (κ2) is 8.50. The molecule has 0 aliphatic carbocycles. The Labute approximate surface area is 113 Å². The summed E-state index contributed by atoms with van der Waals surface area (Å²) >= 11 is 0. The zero-order valence-corrected chi connectivity index (χ0v) is 12.1. The van der Waals surface area contributed by atoms with Gasteiger partial charge >= 0.3 is 17.9 Å². The molecule has 0 amide bonds. The van der Waals surface area contributed by atoms with Gasteiger partial charge in [0.05, 0.1) is 21.3 Å². The fraction of sp³-hybridized carbons (Fsp3) is 0.769. The minimum atomic E-state index is -1.10. The summed E-state index contributed by atoms with van der Waals surface area (Å²) in [5, 5.41) is 0. The van der Waals surface area contributed by atoms with Crippen LogP contribution in [0.4, 0.5) is 0 Å². The molecule has 0 spiro atoms. The van der Waals surface area contributed by atoms with Crippen molar-refractivity contribution in [2.75, 3.05) is 21.3 Å². The van der Waals surface area contributed by atoms with Crippen LogP contribution in [-0.2, 0) is 28.6 Å². The van der Waals surface area contributed by atoms with E-state index in [0.717, 1.165) is 0 Å². The van der Waals surface area contributed by atoms with Gasteiger partial charge in [0.2, 0.25) is 0 Å². The topological polar surface area (TPSA) is 78.9 Å². The molecule has 0 aromatic rings. The van der Waals surface area contributed by atoms with Gasteiger partial charge < -0.3 is 14.2 Å². The lowest BCUT2D eigenvalue weighted by atomic mass is 9.83. The average Bonchev–Trinajstić information content (AvgIpc) is 2.37. The molecule has 110 valence electrons. The molecule has 19 heavy (non-hydrogen) atoms. The van der Waals surface area contributed by atoms with Gasteiger partial charge in [-0.25, -0.2) is 0 Å².